The molecular formula is C19H24N2O3S. The lowest BCUT2D eigenvalue weighted by molar-refractivity contribution is 0.138. The fraction of sp³-hybridized carbons (Fsp3) is 0.368. The van der Waals surface area contributed by atoms with E-state index in [2.05, 4.69) is 30.0 Å². The number of fused-ring (bicyclic) bond motifs is 1. The zero-order chi connectivity index (χ0) is 17.9. The van der Waals surface area contributed by atoms with Gasteiger partial charge < -0.3 is 10.1 Å². The highest BCUT2D eigenvalue weighted by molar-refractivity contribution is 7.89. The van der Waals surface area contributed by atoms with Crippen molar-refractivity contribution in [2.75, 3.05) is 13.1 Å². The molecule has 0 radical (unpaired) electrons. The Morgan fingerprint density at radius 2 is 1.84 bits per heavy atom. The molecule has 2 aromatic rings. The number of hydrogen-bond donors (Lipinski definition) is 2. The topological polar surface area (TPSA) is 67.4 Å². The standard InChI is InChI=1S/C19H24N2O3S/c1-19(2)13-16-12-15(8-9-18(16)24-19)14-20-10-11-21-25(22,23)17-6-4-3-5-7-17/h3-9,12,20-21H,10-11,13-14H2,1-2H3. The Morgan fingerprint density at radius 1 is 1.08 bits per heavy atom. The highest BCUT2D eigenvalue weighted by Crippen LogP contribution is 2.35. The predicted molar refractivity (Wildman–Crippen MR) is 98.2 cm³/mol. The van der Waals surface area contributed by atoms with E-state index < -0.39 is 10.0 Å². The van der Waals surface area contributed by atoms with Crippen LogP contribution >= 0.6 is 0 Å². The van der Waals surface area contributed by atoms with Crippen molar-refractivity contribution >= 4 is 10.0 Å². The molecule has 0 aliphatic carbocycles. The van der Waals surface area contributed by atoms with Crippen molar-refractivity contribution in [3.8, 4) is 5.75 Å². The van der Waals surface area contributed by atoms with Crippen LogP contribution in [0.3, 0.4) is 0 Å². The summed E-state index contributed by atoms with van der Waals surface area (Å²) in [7, 11) is -3.43. The predicted octanol–water partition coefficient (Wildman–Crippen LogP) is 2.47. The maximum atomic E-state index is 12.1. The third kappa shape index (κ3) is 4.60. The van der Waals surface area contributed by atoms with E-state index in [9.17, 15) is 8.42 Å². The van der Waals surface area contributed by atoms with Gasteiger partial charge >= 0.3 is 0 Å². The molecule has 0 unspecified atom stereocenters. The smallest absolute Gasteiger partial charge is 0.240 e. The highest BCUT2D eigenvalue weighted by atomic mass is 32.2. The molecule has 0 saturated heterocycles. The Labute approximate surface area is 149 Å². The zero-order valence-corrected chi connectivity index (χ0v) is 15.4. The van der Waals surface area contributed by atoms with Gasteiger partial charge in [-0.15, -0.1) is 0 Å². The molecular weight excluding hydrogens is 336 g/mol. The first-order valence-electron chi connectivity index (χ1n) is 8.42. The van der Waals surface area contributed by atoms with Gasteiger partial charge in [0.1, 0.15) is 11.4 Å². The van der Waals surface area contributed by atoms with E-state index >= 15 is 0 Å². The van der Waals surface area contributed by atoms with Crippen molar-refractivity contribution < 1.29 is 13.2 Å². The van der Waals surface area contributed by atoms with Crippen LogP contribution in [-0.4, -0.2) is 27.1 Å². The van der Waals surface area contributed by atoms with Crippen molar-refractivity contribution in [3.05, 3.63) is 59.7 Å². The van der Waals surface area contributed by atoms with E-state index in [0.717, 1.165) is 12.2 Å². The van der Waals surface area contributed by atoms with Gasteiger partial charge in [-0.25, -0.2) is 13.1 Å². The number of rotatable bonds is 7. The lowest BCUT2D eigenvalue weighted by Gasteiger charge is -2.16. The fourth-order valence-electron chi connectivity index (χ4n) is 2.96. The van der Waals surface area contributed by atoms with Crippen LogP contribution in [0.1, 0.15) is 25.0 Å². The van der Waals surface area contributed by atoms with E-state index in [1.54, 1.807) is 30.3 Å². The van der Waals surface area contributed by atoms with Gasteiger partial charge in [0.05, 0.1) is 4.90 Å². The lowest BCUT2D eigenvalue weighted by Crippen LogP contribution is -2.31. The van der Waals surface area contributed by atoms with Gasteiger partial charge in [-0.2, -0.15) is 0 Å². The number of ether oxygens (including phenoxy) is 1. The Kier molecular flexibility index (Phi) is 5.13. The zero-order valence-electron chi connectivity index (χ0n) is 14.6. The number of hydrogen-bond acceptors (Lipinski definition) is 4. The van der Waals surface area contributed by atoms with Crippen LogP contribution in [0, 0.1) is 0 Å². The van der Waals surface area contributed by atoms with Gasteiger partial charge in [0.15, 0.2) is 0 Å². The van der Waals surface area contributed by atoms with Crippen LogP contribution < -0.4 is 14.8 Å². The molecule has 0 bridgehead atoms. The van der Waals surface area contributed by atoms with Crippen molar-refractivity contribution in [1.29, 1.82) is 0 Å². The number of benzene rings is 2. The monoisotopic (exact) mass is 360 g/mol. The van der Waals surface area contributed by atoms with Gasteiger partial charge in [0, 0.05) is 26.1 Å². The molecule has 134 valence electrons. The summed E-state index contributed by atoms with van der Waals surface area (Å²) in [5.41, 5.74) is 2.27. The molecule has 0 saturated carbocycles. The number of sulfonamides is 1. The molecule has 3 rings (SSSR count). The summed E-state index contributed by atoms with van der Waals surface area (Å²) in [5.74, 6) is 0.962. The summed E-state index contributed by atoms with van der Waals surface area (Å²) in [6.07, 6.45) is 0.910. The second kappa shape index (κ2) is 7.15. The van der Waals surface area contributed by atoms with Gasteiger partial charge in [-0.05, 0) is 43.2 Å². The van der Waals surface area contributed by atoms with E-state index in [1.807, 2.05) is 12.1 Å². The second-order valence-electron chi connectivity index (χ2n) is 6.87. The minimum absolute atomic E-state index is 0.135. The van der Waals surface area contributed by atoms with E-state index in [0.29, 0.717) is 19.6 Å². The maximum Gasteiger partial charge on any atom is 0.240 e. The summed E-state index contributed by atoms with van der Waals surface area (Å²) in [6.45, 7) is 5.78. The summed E-state index contributed by atoms with van der Waals surface area (Å²) < 4.78 is 32.7. The van der Waals surface area contributed by atoms with Crippen molar-refractivity contribution in [1.82, 2.24) is 10.0 Å². The molecule has 1 heterocycles. The van der Waals surface area contributed by atoms with Crippen LogP contribution in [-0.2, 0) is 23.0 Å². The molecule has 2 aromatic carbocycles. The molecule has 25 heavy (non-hydrogen) atoms. The maximum absolute atomic E-state index is 12.1. The molecule has 2 N–H and O–H groups in total. The van der Waals surface area contributed by atoms with Crippen LogP contribution in [0.5, 0.6) is 5.75 Å². The molecule has 0 spiro atoms. The summed E-state index contributed by atoms with van der Waals surface area (Å²) in [6, 6.07) is 14.6. The first-order valence-corrected chi connectivity index (χ1v) is 9.90. The van der Waals surface area contributed by atoms with Gasteiger partial charge in [-0.1, -0.05) is 30.3 Å². The Bertz CT molecular complexity index is 833. The quantitative estimate of drug-likeness (QED) is 0.745. The highest BCUT2D eigenvalue weighted by Gasteiger charge is 2.29. The largest absolute Gasteiger partial charge is 0.487 e. The first-order chi connectivity index (χ1) is 11.9. The van der Waals surface area contributed by atoms with Crippen LogP contribution in [0.15, 0.2) is 53.4 Å². The lowest BCUT2D eigenvalue weighted by atomic mass is 10.0. The van der Waals surface area contributed by atoms with E-state index in [4.69, 9.17) is 4.74 Å². The van der Waals surface area contributed by atoms with Crippen LogP contribution in [0.25, 0.3) is 0 Å². The average Bonchev–Trinajstić information content (AvgIpc) is 2.88. The molecule has 0 amide bonds. The Morgan fingerprint density at radius 3 is 2.60 bits per heavy atom. The second-order valence-corrected chi connectivity index (χ2v) is 8.64. The van der Waals surface area contributed by atoms with Crippen molar-refractivity contribution in [3.63, 3.8) is 0 Å². The van der Waals surface area contributed by atoms with E-state index in [-0.39, 0.29) is 10.5 Å². The normalized spacial score (nSPS) is 15.6. The molecule has 6 heteroatoms. The van der Waals surface area contributed by atoms with Crippen LogP contribution in [0.2, 0.25) is 0 Å². The molecule has 0 fully saturated rings. The Hall–Kier alpha value is -1.89. The van der Waals surface area contributed by atoms with Gasteiger partial charge in [0.25, 0.3) is 0 Å². The SMILES string of the molecule is CC1(C)Cc2cc(CNCCNS(=O)(=O)c3ccccc3)ccc2O1. The summed E-state index contributed by atoms with van der Waals surface area (Å²) >= 11 is 0. The fourth-order valence-corrected chi connectivity index (χ4v) is 4.02. The van der Waals surface area contributed by atoms with Crippen molar-refractivity contribution in [2.45, 2.75) is 37.3 Å². The molecule has 0 atom stereocenters. The van der Waals surface area contributed by atoms with E-state index in [1.165, 1.54) is 11.1 Å². The summed E-state index contributed by atoms with van der Waals surface area (Å²) in [5, 5.41) is 3.27. The first kappa shape index (κ1) is 17.9. The molecule has 1 aliphatic heterocycles. The average molecular weight is 360 g/mol. The third-order valence-electron chi connectivity index (χ3n) is 4.10. The van der Waals surface area contributed by atoms with Crippen LogP contribution in [0.4, 0.5) is 0 Å². The van der Waals surface area contributed by atoms with Crippen molar-refractivity contribution in [2.24, 2.45) is 0 Å². The third-order valence-corrected chi connectivity index (χ3v) is 5.58. The number of nitrogens with one attached hydrogen (secondary N) is 2. The minimum atomic E-state index is -3.43. The van der Waals surface area contributed by atoms with Gasteiger partial charge in [-0.3, -0.25) is 0 Å². The Balaban J connectivity index is 1.45. The molecule has 1 aliphatic rings. The minimum Gasteiger partial charge on any atom is -0.487 e. The van der Waals surface area contributed by atoms with Gasteiger partial charge in [0.2, 0.25) is 10.0 Å². The molecule has 0 aromatic heterocycles. The summed E-state index contributed by atoms with van der Waals surface area (Å²) in [4.78, 5) is 0.288. The molecule has 5 nitrogen and oxygen atoms in total.